The highest BCUT2D eigenvalue weighted by atomic mass is 35.5. The number of aryl methyl sites for hydroxylation is 2. The lowest BCUT2D eigenvalue weighted by Crippen LogP contribution is -2.15. The Bertz CT molecular complexity index is 1020. The molecule has 0 bridgehead atoms. The monoisotopic (exact) mass is 430 g/mol. The van der Waals surface area contributed by atoms with Crippen LogP contribution >= 0.6 is 23.4 Å². The molecule has 0 saturated heterocycles. The summed E-state index contributed by atoms with van der Waals surface area (Å²) in [7, 11) is 1.87. The van der Waals surface area contributed by atoms with Crippen LogP contribution in [0, 0.1) is 13.8 Å². The predicted octanol–water partition coefficient (Wildman–Crippen LogP) is 4.96. The van der Waals surface area contributed by atoms with Crippen molar-refractivity contribution >= 4 is 35.0 Å². The molecular formula is C21H23ClN4O2S. The van der Waals surface area contributed by atoms with Gasteiger partial charge in [-0.3, -0.25) is 4.79 Å². The van der Waals surface area contributed by atoms with E-state index in [9.17, 15) is 4.79 Å². The van der Waals surface area contributed by atoms with E-state index in [0.29, 0.717) is 21.7 Å². The average Bonchev–Trinajstić information content (AvgIpc) is 3.04. The lowest BCUT2D eigenvalue weighted by atomic mass is 10.2. The van der Waals surface area contributed by atoms with E-state index in [1.807, 2.05) is 62.7 Å². The molecule has 1 heterocycles. The summed E-state index contributed by atoms with van der Waals surface area (Å²) in [5.41, 5.74) is 2.79. The topological polar surface area (TPSA) is 69.0 Å². The van der Waals surface area contributed by atoms with E-state index in [0.717, 1.165) is 16.9 Å². The first kappa shape index (κ1) is 21.2. The summed E-state index contributed by atoms with van der Waals surface area (Å²) in [6.45, 7) is 5.86. The normalized spacial score (nSPS) is 11.9. The fourth-order valence-electron chi connectivity index (χ4n) is 2.80. The van der Waals surface area contributed by atoms with Crippen molar-refractivity contribution < 1.29 is 9.53 Å². The molecule has 1 atom stereocenters. The number of nitrogens with one attached hydrogen (secondary N) is 1. The van der Waals surface area contributed by atoms with Crippen LogP contribution in [0.1, 0.15) is 30.0 Å². The number of amides is 1. The van der Waals surface area contributed by atoms with E-state index in [1.165, 1.54) is 11.8 Å². The summed E-state index contributed by atoms with van der Waals surface area (Å²) in [6.07, 6.45) is -0.272. The third-order valence-electron chi connectivity index (χ3n) is 4.34. The number of rotatable bonds is 7. The number of nitrogens with zero attached hydrogens (tertiary/aromatic N) is 3. The van der Waals surface area contributed by atoms with Crippen molar-refractivity contribution in [2.24, 2.45) is 7.05 Å². The summed E-state index contributed by atoms with van der Waals surface area (Å²) >= 11 is 7.32. The van der Waals surface area contributed by atoms with Gasteiger partial charge in [-0.15, -0.1) is 10.2 Å². The third-order valence-corrected chi connectivity index (χ3v) is 5.60. The maximum atomic E-state index is 12.3. The molecule has 8 heteroatoms. The van der Waals surface area contributed by atoms with Crippen LogP contribution in [0.15, 0.2) is 47.6 Å². The zero-order chi connectivity index (χ0) is 21.0. The standard InChI is InChI=1S/C21H23ClN4O2S/c1-13-6-5-7-17(10-13)28-15(3)20-24-25-21(26(20)4)29-12-19(27)23-18-11-16(22)9-8-14(18)2/h5-11,15H,12H2,1-4H3,(H,23,27). The van der Waals surface area contributed by atoms with Crippen molar-refractivity contribution in [3.8, 4) is 5.75 Å². The maximum absolute atomic E-state index is 12.3. The van der Waals surface area contributed by atoms with Gasteiger partial charge in [0.15, 0.2) is 17.1 Å². The van der Waals surface area contributed by atoms with Crippen molar-refractivity contribution in [2.45, 2.75) is 32.0 Å². The van der Waals surface area contributed by atoms with Gasteiger partial charge >= 0.3 is 0 Å². The maximum Gasteiger partial charge on any atom is 0.234 e. The molecule has 0 aliphatic rings. The van der Waals surface area contributed by atoms with Gasteiger partial charge in [0.05, 0.1) is 5.75 Å². The number of carbonyl (C=O) groups is 1. The van der Waals surface area contributed by atoms with E-state index in [4.69, 9.17) is 16.3 Å². The van der Waals surface area contributed by atoms with Gasteiger partial charge < -0.3 is 14.6 Å². The Morgan fingerprint density at radius 2 is 2.03 bits per heavy atom. The third kappa shape index (κ3) is 5.52. The van der Waals surface area contributed by atoms with E-state index in [-0.39, 0.29) is 17.8 Å². The first-order valence-electron chi connectivity index (χ1n) is 9.15. The molecule has 3 rings (SSSR count). The fraction of sp³-hybridized carbons (Fsp3) is 0.286. The lowest BCUT2D eigenvalue weighted by molar-refractivity contribution is -0.113. The fourth-order valence-corrected chi connectivity index (χ4v) is 3.69. The molecule has 1 amide bonds. The second kappa shape index (κ2) is 9.33. The van der Waals surface area contributed by atoms with Gasteiger partial charge in [0.2, 0.25) is 5.91 Å². The number of hydrogen-bond donors (Lipinski definition) is 1. The minimum atomic E-state index is -0.272. The van der Waals surface area contributed by atoms with Gasteiger partial charge in [0.25, 0.3) is 0 Å². The number of thioether (sulfide) groups is 1. The molecule has 152 valence electrons. The molecule has 0 spiro atoms. The number of anilines is 1. The predicted molar refractivity (Wildman–Crippen MR) is 117 cm³/mol. The van der Waals surface area contributed by atoms with E-state index in [1.54, 1.807) is 12.1 Å². The van der Waals surface area contributed by atoms with Crippen LogP contribution in [0.4, 0.5) is 5.69 Å². The minimum Gasteiger partial charge on any atom is -0.483 e. The van der Waals surface area contributed by atoms with Crippen molar-refractivity contribution in [1.29, 1.82) is 0 Å². The molecular weight excluding hydrogens is 408 g/mol. The highest BCUT2D eigenvalue weighted by molar-refractivity contribution is 7.99. The Balaban J connectivity index is 1.60. The van der Waals surface area contributed by atoms with Crippen LogP contribution in [0.25, 0.3) is 0 Å². The second-order valence-electron chi connectivity index (χ2n) is 6.77. The summed E-state index contributed by atoms with van der Waals surface area (Å²) < 4.78 is 7.83. The van der Waals surface area contributed by atoms with Gasteiger partial charge in [0.1, 0.15) is 5.75 Å². The second-order valence-corrected chi connectivity index (χ2v) is 8.15. The first-order chi connectivity index (χ1) is 13.8. The number of aromatic nitrogens is 3. The van der Waals surface area contributed by atoms with Crippen molar-refractivity contribution in [1.82, 2.24) is 14.8 Å². The van der Waals surface area contributed by atoms with Crippen LogP contribution in [0.2, 0.25) is 5.02 Å². The largest absolute Gasteiger partial charge is 0.483 e. The van der Waals surface area contributed by atoms with Crippen LogP contribution < -0.4 is 10.1 Å². The molecule has 0 radical (unpaired) electrons. The van der Waals surface area contributed by atoms with E-state index >= 15 is 0 Å². The Hall–Kier alpha value is -2.51. The smallest absolute Gasteiger partial charge is 0.234 e. The highest BCUT2D eigenvalue weighted by Gasteiger charge is 2.18. The van der Waals surface area contributed by atoms with Crippen molar-refractivity contribution in [2.75, 3.05) is 11.1 Å². The van der Waals surface area contributed by atoms with Crippen LogP contribution in [0.3, 0.4) is 0 Å². The molecule has 0 aliphatic carbocycles. The summed E-state index contributed by atoms with van der Waals surface area (Å²) in [6, 6.07) is 13.3. The van der Waals surface area contributed by atoms with Crippen LogP contribution in [-0.4, -0.2) is 26.4 Å². The number of carbonyl (C=O) groups excluding carboxylic acids is 1. The quantitative estimate of drug-likeness (QED) is 0.536. The number of halogens is 1. The number of hydrogen-bond acceptors (Lipinski definition) is 5. The lowest BCUT2D eigenvalue weighted by Gasteiger charge is -2.14. The summed E-state index contributed by atoms with van der Waals surface area (Å²) in [5.74, 6) is 1.56. The van der Waals surface area contributed by atoms with E-state index in [2.05, 4.69) is 15.5 Å². The molecule has 3 aromatic rings. The summed E-state index contributed by atoms with van der Waals surface area (Å²) in [5, 5.41) is 12.6. The van der Waals surface area contributed by atoms with Crippen LogP contribution in [-0.2, 0) is 11.8 Å². The molecule has 0 fully saturated rings. The summed E-state index contributed by atoms with van der Waals surface area (Å²) in [4.78, 5) is 12.3. The van der Waals surface area contributed by atoms with Gasteiger partial charge in [-0.05, 0) is 56.2 Å². The molecule has 1 aromatic heterocycles. The first-order valence-corrected chi connectivity index (χ1v) is 10.5. The van der Waals surface area contributed by atoms with Crippen LogP contribution in [0.5, 0.6) is 5.75 Å². The van der Waals surface area contributed by atoms with Gasteiger partial charge in [-0.2, -0.15) is 0 Å². The van der Waals surface area contributed by atoms with Crippen molar-refractivity contribution in [3.63, 3.8) is 0 Å². The Morgan fingerprint density at radius 3 is 2.79 bits per heavy atom. The Kier molecular flexibility index (Phi) is 6.82. The number of benzene rings is 2. The van der Waals surface area contributed by atoms with Crippen molar-refractivity contribution in [3.05, 3.63) is 64.4 Å². The van der Waals surface area contributed by atoms with Gasteiger partial charge in [0, 0.05) is 17.8 Å². The molecule has 2 aromatic carbocycles. The van der Waals surface area contributed by atoms with Gasteiger partial charge in [-0.25, -0.2) is 0 Å². The molecule has 0 saturated carbocycles. The molecule has 6 nitrogen and oxygen atoms in total. The highest BCUT2D eigenvalue weighted by Crippen LogP contribution is 2.25. The Labute approximate surface area is 179 Å². The molecule has 1 unspecified atom stereocenters. The zero-order valence-electron chi connectivity index (χ0n) is 16.8. The molecule has 29 heavy (non-hydrogen) atoms. The minimum absolute atomic E-state index is 0.131. The molecule has 1 N–H and O–H groups in total. The molecule has 0 aliphatic heterocycles. The zero-order valence-corrected chi connectivity index (χ0v) is 18.3. The Morgan fingerprint density at radius 1 is 1.24 bits per heavy atom. The average molecular weight is 431 g/mol. The van der Waals surface area contributed by atoms with Gasteiger partial charge in [-0.1, -0.05) is 41.6 Å². The van der Waals surface area contributed by atoms with E-state index < -0.39 is 0 Å². The number of ether oxygens (including phenoxy) is 1. The SMILES string of the molecule is Cc1cccc(OC(C)c2nnc(SCC(=O)Nc3cc(Cl)ccc3C)n2C)c1.